The van der Waals surface area contributed by atoms with E-state index in [1.165, 1.54) is 0 Å². The molecule has 1 aromatic heterocycles. The molecule has 0 aromatic carbocycles. The van der Waals surface area contributed by atoms with Gasteiger partial charge in [0.05, 0.1) is 12.1 Å². The molecule has 1 spiro atoms. The van der Waals surface area contributed by atoms with Gasteiger partial charge in [-0.2, -0.15) is 0 Å². The van der Waals surface area contributed by atoms with Crippen LogP contribution in [0.25, 0.3) is 0 Å². The van der Waals surface area contributed by atoms with Crippen LogP contribution >= 0.6 is 0 Å². The fourth-order valence-corrected chi connectivity index (χ4v) is 6.82. The molecule has 16 nitrogen and oxygen atoms in total. The van der Waals surface area contributed by atoms with Crippen LogP contribution in [0.5, 0.6) is 0 Å². The van der Waals surface area contributed by atoms with Crippen LogP contribution < -0.4 is 5.32 Å². The highest BCUT2D eigenvalue weighted by atomic mass is 16.6. The standard InChI is InChI=1S/C34H53N7O9/c1-31(2,3)47-27(42)35-26(36-28(43)48-32(4,5)6)38-15-10-21(11-16-38)39(30(45)49-33(7,8)9)17-12-22-18-23(37-50-22)24-19-34(13-14-34)25-20-40(24)29(44)41(25)46/h18,21,24-25,46H,10-17,19-20H2,1-9H3,(H,35,36,42,43)/t24-,25+/m0/s1. The zero-order valence-electron chi connectivity index (χ0n) is 30.8. The Labute approximate surface area is 293 Å². The number of nitrogens with zero attached hydrogens (tertiary/aromatic N) is 6. The van der Waals surface area contributed by atoms with Crippen LogP contribution in [0.2, 0.25) is 0 Å². The number of ether oxygens (including phenoxy) is 3. The van der Waals surface area contributed by atoms with Crippen molar-refractivity contribution in [1.82, 2.24) is 30.2 Å². The van der Waals surface area contributed by atoms with Gasteiger partial charge < -0.3 is 33.4 Å². The van der Waals surface area contributed by atoms with Crippen LogP contribution in [-0.2, 0) is 20.6 Å². The highest BCUT2D eigenvalue weighted by Gasteiger charge is 2.63. The highest BCUT2D eigenvalue weighted by molar-refractivity contribution is 5.99. The van der Waals surface area contributed by atoms with Crippen LogP contribution in [0, 0.1) is 5.41 Å². The summed E-state index contributed by atoms with van der Waals surface area (Å²) in [5, 5.41) is 18.2. The number of rotatable bonds is 5. The first-order valence-electron chi connectivity index (χ1n) is 17.4. The van der Waals surface area contributed by atoms with Gasteiger partial charge in [0.2, 0.25) is 5.96 Å². The Hall–Kier alpha value is -4.08. The smallest absolute Gasteiger partial charge is 0.437 e. The molecule has 4 aliphatic rings. The Morgan fingerprint density at radius 1 is 1.02 bits per heavy atom. The second kappa shape index (κ2) is 13.6. The molecule has 2 N–H and O–H groups in total. The largest absolute Gasteiger partial charge is 0.444 e. The minimum atomic E-state index is -0.851. The fourth-order valence-electron chi connectivity index (χ4n) is 6.82. The molecule has 16 heteroatoms. The summed E-state index contributed by atoms with van der Waals surface area (Å²) in [7, 11) is 0. The normalized spacial score (nSPS) is 22.5. The third kappa shape index (κ3) is 8.98. The zero-order valence-corrected chi connectivity index (χ0v) is 30.8. The van der Waals surface area contributed by atoms with Crippen molar-refractivity contribution in [1.29, 1.82) is 0 Å². The van der Waals surface area contributed by atoms with Crippen molar-refractivity contribution in [2.24, 2.45) is 10.4 Å². The molecule has 50 heavy (non-hydrogen) atoms. The van der Waals surface area contributed by atoms with Gasteiger partial charge in [-0.05, 0) is 99.8 Å². The maximum atomic E-state index is 13.5. The van der Waals surface area contributed by atoms with Gasteiger partial charge >= 0.3 is 24.3 Å². The van der Waals surface area contributed by atoms with E-state index in [1.54, 1.807) is 56.2 Å². The lowest BCUT2D eigenvalue weighted by Crippen LogP contribution is -2.54. The summed E-state index contributed by atoms with van der Waals surface area (Å²) in [6.45, 7) is 17.3. The van der Waals surface area contributed by atoms with E-state index < -0.39 is 41.1 Å². The van der Waals surface area contributed by atoms with Crippen LogP contribution in [0.4, 0.5) is 19.2 Å². The summed E-state index contributed by atoms with van der Waals surface area (Å²) >= 11 is 0. The molecule has 3 saturated heterocycles. The van der Waals surface area contributed by atoms with Crippen LogP contribution in [0.1, 0.15) is 112 Å². The summed E-state index contributed by atoms with van der Waals surface area (Å²) in [5.41, 5.74) is -1.71. The van der Waals surface area contributed by atoms with Crippen LogP contribution in [0.3, 0.4) is 0 Å². The summed E-state index contributed by atoms with van der Waals surface area (Å²) in [5.74, 6) is 0.576. The van der Waals surface area contributed by atoms with Crippen molar-refractivity contribution in [2.75, 3.05) is 26.2 Å². The Balaban J connectivity index is 1.27. The van der Waals surface area contributed by atoms with Gasteiger partial charge in [0.25, 0.3) is 0 Å². The molecule has 5 rings (SSSR count). The number of amides is 5. The Kier molecular flexibility index (Phi) is 10.1. The number of nitrogens with one attached hydrogen (secondary N) is 1. The lowest BCUT2D eigenvalue weighted by molar-refractivity contribution is -0.0782. The summed E-state index contributed by atoms with van der Waals surface area (Å²) in [4.78, 5) is 60.8. The van der Waals surface area contributed by atoms with Gasteiger partial charge in [0, 0.05) is 44.7 Å². The van der Waals surface area contributed by atoms with Gasteiger partial charge in [-0.25, -0.2) is 24.2 Å². The number of aliphatic imine (C=N–C) groups is 1. The minimum Gasteiger partial charge on any atom is -0.444 e. The van der Waals surface area contributed by atoms with Gasteiger partial charge in [0.15, 0.2) is 0 Å². The van der Waals surface area contributed by atoms with E-state index in [0.29, 0.717) is 50.4 Å². The number of alkyl carbamates (subject to hydrolysis) is 1. The summed E-state index contributed by atoms with van der Waals surface area (Å²) in [6.07, 6.45) is 1.91. The molecule has 4 fully saturated rings. The van der Waals surface area contributed by atoms with E-state index in [2.05, 4.69) is 15.5 Å². The Morgan fingerprint density at radius 2 is 1.64 bits per heavy atom. The van der Waals surface area contributed by atoms with Crippen LogP contribution in [0.15, 0.2) is 15.6 Å². The lowest BCUT2D eigenvalue weighted by Gasteiger charge is -2.39. The molecule has 1 aliphatic carbocycles. The molecule has 3 aliphatic heterocycles. The molecule has 1 saturated carbocycles. The molecule has 1 aromatic rings. The number of hydroxylamine groups is 2. The van der Waals surface area contributed by atoms with E-state index in [4.69, 9.17) is 18.7 Å². The zero-order chi connectivity index (χ0) is 36.8. The van der Waals surface area contributed by atoms with Crippen molar-refractivity contribution < 1.29 is 43.1 Å². The number of hydrogen-bond donors (Lipinski definition) is 2. The molecule has 5 amide bonds. The number of aromatic nitrogens is 1. The van der Waals surface area contributed by atoms with E-state index in [1.807, 2.05) is 26.8 Å². The number of urea groups is 1. The Bertz CT molecular complexity index is 1480. The quantitative estimate of drug-likeness (QED) is 0.172. The molecular weight excluding hydrogens is 650 g/mol. The SMILES string of the molecule is CC(C)(C)OC(=O)/N=C(\NC(=O)OC(C)(C)C)N1CCC(N(CCc2cc([C@@H]3CC4(CC4)[C@H]4CN3C(=O)N4O)no2)C(=O)OC(C)(C)C)CC1. The minimum absolute atomic E-state index is 0.00720. The van der Waals surface area contributed by atoms with Crippen LogP contribution in [-0.4, -0.2) is 115 Å². The van der Waals surface area contributed by atoms with E-state index in [-0.39, 0.29) is 36.0 Å². The second-order valence-corrected chi connectivity index (χ2v) is 16.8. The molecular formula is C34H53N7O9. The van der Waals surface area contributed by atoms with Gasteiger partial charge in [-0.3, -0.25) is 10.5 Å². The topological polar surface area (TPSA) is 180 Å². The molecule has 2 bridgehead atoms. The number of hydrogen-bond acceptors (Lipinski definition) is 10. The van der Waals surface area contributed by atoms with E-state index in [0.717, 1.165) is 24.3 Å². The van der Waals surface area contributed by atoms with Crippen molar-refractivity contribution in [3.05, 3.63) is 17.5 Å². The second-order valence-electron chi connectivity index (χ2n) is 16.8. The third-order valence-corrected chi connectivity index (χ3v) is 9.24. The van der Waals surface area contributed by atoms with Crippen molar-refractivity contribution >= 4 is 30.3 Å². The monoisotopic (exact) mass is 703 g/mol. The first-order valence-corrected chi connectivity index (χ1v) is 17.4. The van der Waals surface area contributed by atoms with E-state index >= 15 is 0 Å². The maximum Gasteiger partial charge on any atom is 0.437 e. The third-order valence-electron chi connectivity index (χ3n) is 9.24. The Morgan fingerprint density at radius 3 is 2.22 bits per heavy atom. The summed E-state index contributed by atoms with van der Waals surface area (Å²) < 4.78 is 22.3. The van der Waals surface area contributed by atoms with Crippen molar-refractivity contribution in [3.8, 4) is 0 Å². The number of carbonyl (C=O) groups excluding carboxylic acids is 4. The van der Waals surface area contributed by atoms with Gasteiger partial charge in [-0.1, -0.05) is 5.16 Å². The fraction of sp³-hybridized carbons (Fsp3) is 0.765. The number of fused-ring (bicyclic) bond motifs is 3. The molecule has 0 radical (unpaired) electrons. The molecule has 278 valence electrons. The molecule has 0 unspecified atom stereocenters. The number of piperidine rings is 2. The highest BCUT2D eigenvalue weighted by Crippen LogP contribution is 2.61. The van der Waals surface area contributed by atoms with Gasteiger partial charge in [-0.15, -0.1) is 4.99 Å². The maximum absolute atomic E-state index is 13.5. The average Bonchev–Trinajstić information content (AvgIpc) is 3.47. The van der Waals surface area contributed by atoms with Crippen molar-refractivity contribution in [3.63, 3.8) is 0 Å². The lowest BCUT2D eigenvalue weighted by atomic mass is 9.84. The van der Waals surface area contributed by atoms with E-state index in [9.17, 15) is 24.4 Å². The summed E-state index contributed by atoms with van der Waals surface area (Å²) in [6, 6.07) is 0.741. The number of likely N-dealkylation sites (tertiary alicyclic amines) is 1. The predicted octanol–water partition coefficient (Wildman–Crippen LogP) is 5.45. The predicted molar refractivity (Wildman–Crippen MR) is 179 cm³/mol. The van der Waals surface area contributed by atoms with Crippen molar-refractivity contribution in [2.45, 2.75) is 136 Å². The molecule has 2 atom stereocenters. The number of guanidine groups is 1. The average molecular weight is 704 g/mol. The van der Waals surface area contributed by atoms with Gasteiger partial charge in [0.1, 0.15) is 28.3 Å². The molecule has 4 heterocycles. The first-order chi connectivity index (χ1) is 23.1. The first kappa shape index (κ1) is 37.2. The number of carbonyl (C=O) groups is 4.